The van der Waals surface area contributed by atoms with Crippen molar-refractivity contribution in [2.75, 3.05) is 0 Å². The number of hydrogen-bond donors (Lipinski definition) is 0. The monoisotopic (exact) mass is 662 g/mol. The van der Waals surface area contributed by atoms with E-state index >= 15 is 0 Å². The van der Waals surface area contributed by atoms with E-state index in [1.165, 1.54) is 53.1 Å². The number of nitrogens with zero attached hydrogens (tertiary/aromatic N) is 4. The van der Waals surface area contributed by atoms with Crippen molar-refractivity contribution in [3.8, 4) is 23.5 Å². The molecule has 0 spiro atoms. The maximum atomic E-state index is 14.7. The summed E-state index contributed by atoms with van der Waals surface area (Å²) in [6.07, 6.45) is -16.8. The lowest BCUT2D eigenvalue weighted by Gasteiger charge is -2.23. The Hall–Kier alpha value is -5.95. The SMILES string of the molecule is N#Cc1cccc(C#N)c1-n1c2ccccc2c2c1ccc1c3ccccc3n(-c3c(C(F)(F)F)cc(C(F)(F)F)cc3C(F)(F)F)c12. The summed E-state index contributed by atoms with van der Waals surface area (Å²) in [5, 5.41) is 20.9. The molecule has 5 aromatic carbocycles. The quantitative estimate of drug-likeness (QED) is 0.173. The van der Waals surface area contributed by atoms with E-state index in [-0.39, 0.29) is 61.7 Å². The molecular weight excluding hydrogens is 647 g/mol. The van der Waals surface area contributed by atoms with E-state index in [9.17, 15) is 50.0 Å². The van der Waals surface area contributed by atoms with Crippen LogP contribution in [0.25, 0.3) is 55.0 Å². The highest BCUT2D eigenvalue weighted by Gasteiger charge is 2.46. The summed E-state index contributed by atoms with van der Waals surface area (Å²) in [7, 11) is 0. The van der Waals surface area contributed by atoms with E-state index in [1.807, 2.05) is 12.1 Å². The smallest absolute Gasteiger partial charge is 0.307 e. The summed E-state index contributed by atoms with van der Waals surface area (Å²) in [5.74, 6) is 0. The molecule has 7 aromatic rings. The van der Waals surface area contributed by atoms with Crippen LogP contribution in [0.5, 0.6) is 0 Å². The van der Waals surface area contributed by atoms with Gasteiger partial charge in [-0.2, -0.15) is 50.0 Å². The average molecular weight is 663 g/mol. The zero-order chi connectivity index (χ0) is 34.3. The fourth-order valence-electron chi connectivity index (χ4n) is 6.42. The van der Waals surface area contributed by atoms with Crippen molar-refractivity contribution < 1.29 is 39.5 Å². The van der Waals surface area contributed by atoms with Crippen molar-refractivity contribution in [1.29, 1.82) is 10.5 Å². The van der Waals surface area contributed by atoms with E-state index in [0.717, 1.165) is 4.57 Å². The number of rotatable bonds is 2. The minimum atomic E-state index is -5.65. The molecule has 238 valence electrons. The van der Waals surface area contributed by atoms with Gasteiger partial charge in [0.25, 0.3) is 0 Å². The topological polar surface area (TPSA) is 57.4 Å². The molecule has 7 rings (SSSR count). The Labute approximate surface area is 263 Å². The molecule has 0 N–H and O–H groups in total. The van der Waals surface area contributed by atoms with E-state index in [0.29, 0.717) is 10.9 Å². The van der Waals surface area contributed by atoms with Gasteiger partial charge in [-0.3, -0.25) is 0 Å². The Morgan fingerprint density at radius 3 is 1.52 bits per heavy atom. The molecule has 0 saturated heterocycles. The maximum Gasteiger partial charge on any atom is 0.418 e. The first-order valence-corrected chi connectivity index (χ1v) is 14.0. The van der Waals surface area contributed by atoms with Crippen molar-refractivity contribution >= 4 is 43.6 Å². The van der Waals surface area contributed by atoms with Crippen LogP contribution in [0.2, 0.25) is 0 Å². The average Bonchev–Trinajstić information content (AvgIpc) is 3.55. The van der Waals surface area contributed by atoms with Gasteiger partial charge in [0, 0.05) is 21.5 Å². The van der Waals surface area contributed by atoms with E-state index in [1.54, 1.807) is 30.3 Å². The third kappa shape index (κ3) is 4.46. The molecule has 2 heterocycles. The predicted molar refractivity (Wildman–Crippen MR) is 160 cm³/mol. The fourth-order valence-corrected chi connectivity index (χ4v) is 6.42. The summed E-state index contributed by atoms with van der Waals surface area (Å²) < 4.78 is 132. The lowest BCUT2D eigenvalue weighted by atomic mass is 10.00. The number of fused-ring (bicyclic) bond motifs is 7. The first-order chi connectivity index (χ1) is 22.7. The van der Waals surface area contributed by atoms with E-state index in [4.69, 9.17) is 0 Å². The number of hydrogen-bond acceptors (Lipinski definition) is 2. The number of nitriles is 2. The number of benzene rings is 5. The third-order valence-electron chi connectivity index (χ3n) is 8.24. The Morgan fingerprint density at radius 2 is 1.00 bits per heavy atom. The van der Waals surface area contributed by atoms with Crippen LogP contribution in [-0.4, -0.2) is 9.13 Å². The number of aromatic nitrogens is 2. The lowest BCUT2D eigenvalue weighted by Crippen LogP contribution is -2.21. The zero-order valence-corrected chi connectivity index (χ0v) is 23.9. The molecule has 0 atom stereocenters. The Bertz CT molecular complexity index is 2480. The minimum Gasteiger partial charge on any atom is -0.307 e. The Balaban J connectivity index is 1.79. The van der Waals surface area contributed by atoms with Gasteiger partial charge in [0.2, 0.25) is 0 Å². The van der Waals surface area contributed by atoms with Gasteiger partial charge in [0.1, 0.15) is 12.1 Å². The first kappa shape index (κ1) is 30.7. The van der Waals surface area contributed by atoms with Crippen LogP contribution in [-0.2, 0) is 18.5 Å². The van der Waals surface area contributed by atoms with Gasteiger partial charge < -0.3 is 9.13 Å². The zero-order valence-electron chi connectivity index (χ0n) is 23.9. The van der Waals surface area contributed by atoms with Crippen LogP contribution < -0.4 is 0 Å². The van der Waals surface area contributed by atoms with Gasteiger partial charge in [-0.05, 0) is 42.5 Å². The molecule has 13 heteroatoms. The van der Waals surface area contributed by atoms with Crippen LogP contribution in [0.15, 0.2) is 91.0 Å². The molecule has 0 amide bonds. The summed E-state index contributed by atoms with van der Waals surface area (Å²) in [5.41, 5.74) is -7.29. The van der Waals surface area contributed by atoms with Crippen LogP contribution in [0.3, 0.4) is 0 Å². The standard InChI is InChI=1S/C35H15F9N4/c36-33(37,38)20-14-24(34(39,40)41)32(25(15-20)35(42,43)44)48-26-10-3-1-8-21(26)22-12-13-28-29(31(22)48)23-9-2-4-11-27(23)47(28)30-18(16-45)6-5-7-19(30)17-46/h1-15H. The molecule has 0 aliphatic carbocycles. The van der Waals surface area contributed by atoms with Crippen molar-refractivity contribution in [3.05, 3.63) is 119 Å². The molecule has 0 aliphatic rings. The first-order valence-electron chi connectivity index (χ1n) is 14.0. The molecule has 2 aromatic heterocycles. The molecule has 0 aliphatic heterocycles. The van der Waals surface area contributed by atoms with Gasteiger partial charge in [0.15, 0.2) is 0 Å². The molecule has 0 unspecified atom stereocenters. The van der Waals surface area contributed by atoms with Gasteiger partial charge >= 0.3 is 18.5 Å². The van der Waals surface area contributed by atoms with Crippen molar-refractivity contribution in [2.45, 2.75) is 18.5 Å². The molecular formula is C35H15F9N4. The lowest BCUT2D eigenvalue weighted by molar-refractivity contribution is -0.148. The van der Waals surface area contributed by atoms with Gasteiger partial charge in [-0.25, -0.2) is 0 Å². The second kappa shape index (κ2) is 10.3. The molecule has 0 fully saturated rings. The summed E-state index contributed by atoms with van der Waals surface area (Å²) >= 11 is 0. The second-order valence-electron chi connectivity index (χ2n) is 10.9. The molecule has 0 radical (unpaired) electrons. The molecule has 48 heavy (non-hydrogen) atoms. The largest absolute Gasteiger partial charge is 0.418 e. The Kier molecular flexibility index (Phi) is 6.57. The van der Waals surface area contributed by atoms with Crippen molar-refractivity contribution in [3.63, 3.8) is 0 Å². The maximum absolute atomic E-state index is 14.7. The predicted octanol–water partition coefficient (Wildman–Crippen LogP) is 10.7. The van der Waals surface area contributed by atoms with E-state index < -0.39 is 40.9 Å². The summed E-state index contributed by atoms with van der Waals surface area (Å²) in [6, 6.07) is 23.0. The normalized spacial score (nSPS) is 12.6. The fraction of sp³-hybridized carbons (Fsp3) is 0.0857. The number of halogens is 9. The molecule has 0 bridgehead atoms. The highest BCUT2D eigenvalue weighted by Crippen LogP contribution is 2.49. The van der Waals surface area contributed by atoms with Crippen molar-refractivity contribution in [2.24, 2.45) is 0 Å². The van der Waals surface area contributed by atoms with Crippen LogP contribution in [0, 0.1) is 22.7 Å². The van der Waals surface area contributed by atoms with Gasteiger partial charge in [0.05, 0.1) is 61.3 Å². The number of alkyl halides is 9. The van der Waals surface area contributed by atoms with Gasteiger partial charge in [-0.1, -0.05) is 48.5 Å². The number of para-hydroxylation sites is 3. The second-order valence-corrected chi connectivity index (χ2v) is 10.9. The van der Waals surface area contributed by atoms with Crippen LogP contribution in [0.4, 0.5) is 39.5 Å². The highest BCUT2D eigenvalue weighted by atomic mass is 19.4. The van der Waals surface area contributed by atoms with Crippen LogP contribution in [0.1, 0.15) is 27.8 Å². The molecule has 0 saturated carbocycles. The molecule has 4 nitrogen and oxygen atoms in total. The summed E-state index contributed by atoms with van der Waals surface area (Å²) in [4.78, 5) is 0. The Morgan fingerprint density at radius 1 is 0.479 bits per heavy atom. The van der Waals surface area contributed by atoms with Crippen LogP contribution >= 0.6 is 0 Å². The van der Waals surface area contributed by atoms with Gasteiger partial charge in [-0.15, -0.1) is 0 Å². The minimum absolute atomic E-state index is 0.0683. The third-order valence-corrected chi connectivity index (χ3v) is 8.24. The van der Waals surface area contributed by atoms with E-state index in [2.05, 4.69) is 0 Å². The highest BCUT2D eigenvalue weighted by molar-refractivity contribution is 6.26. The van der Waals surface area contributed by atoms with Crippen molar-refractivity contribution in [1.82, 2.24) is 9.13 Å². The summed E-state index contributed by atoms with van der Waals surface area (Å²) in [6.45, 7) is 0.